The summed E-state index contributed by atoms with van der Waals surface area (Å²) < 4.78 is 1.89. The molecule has 0 atom stereocenters. The number of rotatable bonds is 7. The fraction of sp³-hybridized carbons (Fsp3) is 0.312. The van der Waals surface area contributed by atoms with E-state index in [1.54, 1.807) is 12.5 Å². The first-order chi connectivity index (χ1) is 11.3. The van der Waals surface area contributed by atoms with Crippen molar-refractivity contribution < 1.29 is 9.90 Å². The van der Waals surface area contributed by atoms with Crippen LogP contribution in [-0.2, 0) is 24.4 Å². The third kappa shape index (κ3) is 3.57. The molecule has 0 saturated carbocycles. The van der Waals surface area contributed by atoms with Gasteiger partial charge in [-0.3, -0.25) is 4.79 Å². The molecule has 0 bridgehead atoms. The molecule has 2 heterocycles. The number of nitrogens with one attached hydrogen (secondary N) is 2. The zero-order valence-electron chi connectivity index (χ0n) is 12.7. The highest BCUT2D eigenvalue weighted by atomic mass is 16.3. The Morgan fingerprint density at radius 1 is 1.35 bits per heavy atom. The average Bonchev–Trinajstić information content (AvgIpc) is 3.20. The molecule has 1 amide bonds. The second-order valence-electron chi connectivity index (χ2n) is 5.25. The van der Waals surface area contributed by atoms with E-state index in [4.69, 9.17) is 0 Å². The molecule has 0 spiro atoms. The van der Waals surface area contributed by atoms with Crippen LogP contribution in [0, 0.1) is 0 Å². The highest BCUT2D eigenvalue weighted by molar-refractivity contribution is 5.78. The maximum absolute atomic E-state index is 12.0. The van der Waals surface area contributed by atoms with Crippen LogP contribution in [0.25, 0.3) is 11.0 Å². The highest BCUT2D eigenvalue weighted by Gasteiger charge is 2.11. The summed E-state index contributed by atoms with van der Waals surface area (Å²) in [5.74, 6) is 0.558. The van der Waals surface area contributed by atoms with E-state index < -0.39 is 0 Å². The molecule has 0 unspecified atom stereocenters. The van der Waals surface area contributed by atoms with Crippen molar-refractivity contribution in [3.8, 4) is 0 Å². The molecule has 0 radical (unpaired) electrons. The molecule has 0 saturated heterocycles. The number of imidazole rings is 2. The Hall–Kier alpha value is -2.67. The smallest absolute Gasteiger partial charge is 0.221 e. The number of aryl methyl sites for hydroxylation is 1. The van der Waals surface area contributed by atoms with Crippen molar-refractivity contribution in [3.63, 3.8) is 0 Å². The lowest BCUT2D eigenvalue weighted by Gasteiger charge is -2.08. The second-order valence-corrected chi connectivity index (χ2v) is 5.25. The van der Waals surface area contributed by atoms with E-state index in [1.165, 1.54) is 0 Å². The number of carbonyl (C=O) groups is 1. The Kier molecular flexibility index (Phi) is 4.68. The number of aromatic amines is 1. The number of hydrogen-bond donors (Lipinski definition) is 3. The number of fused-ring (bicyclic) bond motifs is 1. The summed E-state index contributed by atoms with van der Waals surface area (Å²) in [6.45, 7) is 0.918. The molecule has 0 aliphatic carbocycles. The first-order valence-corrected chi connectivity index (χ1v) is 7.57. The molecule has 23 heavy (non-hydrogen) atoms. The van der Waals surface area contributed by atoms with Crippen molar-refractivity contribution in [1.29, 1.82) is 0 Å². The summed E-state index contributed by atoms with van der Waals surface area (Å²) in [6.07, 6.45) is 4.44. The number of H-pyrrole nitrogens is 1. The van der Waals surface area contributed by atoms with Crippen molar-refractivity contribution in [2.45, 2.75) is 26.0 Å². The van der Waals surface area contributed by atoms with E-state index in [2.05, 4.69) is 20.3 Å². The Bertz CT molecular complexity index is 779. The summed E-state index contributed by atoms with van der Waals surface area (Å²) in [5.41, 5.74) is 2.76. The highest BCUT2D eigenvalue weighted by Crippen LogP contribution is 2.16. The van der Waals surface area contributed by atoms with Crippen LogP contribution in [0.2, 0.25) is 0 Å². The quantitative estimate of drug-likeness (QED) is 0.606. The molecule has 0 aliphatic heterocycles. The molecule has 0 fully saturated rings. The molecule has 3 aromatic rings. The normalized spacial score (nSPS) is 11.0. The Balaban J connectivity index is 1.56. The van der Waals surface area contributed by atoms with Crippen molar-refractivity contribution in [1.82, 2.24) is 24.8 Å². The van der Waals surface area contributed by atoms with Gasteiger partial charge in [0.2, 0.25) is 5.91 Å². The lowest BCUT2D eigenvalue weighted by molar-refractivity contribution is -0.121. The van der Waals surface area contributed by atoms with Gasteiger partial charge in [0, 0.05) is 37.8 Å². The van der Waals surface area contributed by atoms with Crippen molar-refractivity contribution in [2.75, 3.05) is 6.54 Å². The van der Waals surface area contributed by atoms with E-state index in [9.17, 15) is 9.90 Å². The number of aliphatic hydroxyl groups is 1. The van der Waals surface area contributed by atoms with Crippen molar-refractivity contribution in [2.24, 2.45) is 0 Å². The minimum absolute atomic E-state index is 0.0220. The van der Waals surface area contributed by atoms with Crippen LogP contribution < -0.4 is 5.32 Å². The predicted molar refractivity (Wildman–Crippen MR) is 85.6 cm³/mol. The topological polar surface area (TPSA) is 95.8 Å². The SMILES string of the molecule is O=C(CCn1c(CO)nc2ccccc21)NCCc1cnc[nH]1. The van der Waals surface area contributed by atoms with E-state index in [-0.39, 0.29) is 12.5 Å². The average molecular weight is 313 g/mol. The molecular formula is C16H19N5O2. The molecule has 120 valence electrons. The molecule has 1 aromatic carbocycles. The number of carbonyl (C=O) groups excluding carboxylic acids is 1. The van der Waals surface area contributed by atoms with E-state index >= 15 is 0 Å². The largest absolute Gasteiger partial charge is 0.388 e. The summed E-state index contributed by atoms with van der Waals surface area (Å²) in [7, 11) is 0. The van der Waals surface area contributed by atoms with Gasteiger partial charge in [-0.1, -0.05) is 12.1 Å². The first-order valence-electron chi connectivity index (χ1n) is 7.57. The van der Waals surface area contributed by atoms with E-state index in [1.807, 2.05) is 28.8 Å². The third-order valence-corrected chi connectivity index (χ3v) is 3.71. The minimum Gasteiger partial charge on any atom is -0.388 e. The number of aromatic nitrogens is 4. The van der Waals surface area contributed by atoms with Gasteiger partial charge in [-0.15, -0.1) is 0 Å². The summed E-state index contributed by atoms with van der Waals surface area (Å²) in [5, 5.41) is 12.3. The Morgan fingerprint density at radius 3 is 3.00 bits per heavy atom. The number of benzene rings is 1. The third-order valence-electron chi connectivity index (χ3n) is 3.71. The van der Waals surface area contributed by atoms with E-state index in [0.717, 1.165) is 23.1 Å². The van der Waals surface area contributed by atoms with Crippen LogP contribution in [0.5, 0.6) is 0 Å². The standard InChI is InChI=1S/C16H19N5O2/c22-10-15-20-13-3-1-2-4-14(13)21(15)8-6-16(23)18-7-5-12-9-17-11-19-12/h1-4,9,11,22H,5-8,10H2,(H,17,19)(H,18,23). The van der Waals surface area contributed by atoms with Gasteiger partial charge in [-0.2, -0.15) is 0 Å². The molecule has 7 nitrogen and oxygen atoms in total. The van der Waals surface area contributed by atoms with Gasteiger partial charge in [0.15, 0.2) is 0 Å². The molecular weight excluding hydrogens is 294 g/mol. The zero-order valence-corrected chi connectivity index (χ0v) is 12.7. The van der Waals surface area contributed by atoms with Gasteiger partial charge >= 0.3 is 0 Å². The first kappa shape index (κ1) is 15.2. The number of aliphatic hydroxyl groups excluding tert-OH is 1. The van der Waals surface area contributed by atoms with Gasteiger partial charge in [0.25, 0.3) is 0 Å². The van der Waals surface area contributed by atoms with Crippen molar-refractivity contribution >= 4 is 16.9 Å². The number of para-hydroxylation sites is 2. The van der Waals surface area contributed by atoms with Gasteiger partial charge in [0.05, 0.1) is 17.4 Å². The van der Waals surface area contributed by atoms with Crippen LogP contribution in [0.4, 0.5) is 0 Å². The molecule has 2 aromatic heterocycles. The Morgan fingerprint density at radius 2 is 2.22 bits per heavy atom. The maximum atomic E-state index is 12.0. The number of amides is 1. The molecule has 3 N–H and O–H groups in total. The van der Waals surface area contributed by atoms with Crippen LogP contribution in [0.1, 0.15) is 17.9 Å². The fourth-order valence-electron chi connectivity index (χ4n) is 2.56. The number of hydrogen-bond acceptors (Lipinski definition) is 4. The lowest BCUT2D eigenvalue weighted by Crippen LogP contribution is -2.26. The maximum Gasteiger partial charge on any atom is 0.221 e. The van der Waals surface area contributed by atoms with Crippen LogP contribution in [-0.4, -0.2) is 37.1 Å². The van der Waals surface area contributed by atoms with Gasteiger partial charge in [-0.25, -0.2) is 9.97 Å². The molecule has 3 rings (SSSR count). The second kappa shape index (κ2) is 7.06. The summed E-state index contributed by atoms with van der Waals surface area (Å²) >= 11 is 0. The zero-order chi connectivity index (χ0) is 16.1. The number of nitrogens with zero attached hydrogens (tertiary/aromatic N) is 3. The predicted octanol–water partition coefficient (Wildman–Crippen LogP) is 1.00. The molecule has 0 aliphatic rings. The minimum atomic E-state index is -0.143. The summed E-state index contributed by atoms with van der Waals surface area (Å²) in [6, 6.07) is 7.67. The Labute approximate surface area is 133 Å². The molecule has 7 heteroatoms. The van der Waals surface area contributed by atoms with Gasteiger partial charge in [0.1, 0.15) is 12.4 Å². The van der Waals surface area contributed by atoms with Gasteiger partial charge < -0.3 is 20.0 Å². The van der Waals surface area contributed by atoms with Crippen LogP contribution in [0.3, 0.4) is 0 Å². The van der Waals surface area contributed by atoms with Crippen LogP contribution in [0.15, 0.2) is 36.8 Å². The summed E-state index contributed by atoms with van der Waals surface area (Å²) in [4.78, 5) is 23.3. The van der Waals surface area contributed by atoms with E-state index in [0.29, 0.717) is 25.3 Å². The van der Waals surface area contributed by atoms with Crippen molar-refractivity contribution in [3.05, 3.63) is 48.3 Å². The van der Waals surface area contributed by atoms with Gasteiger partial charge in [-0.05, 0) is 12.1 Å². The van der Waals surface area contributed by atoms with Crippen LogP contribution >= 0.6 is 0 Å². The lowest BCUT2D eigenvalue weighted by atomic mass is 10.3. The monoisotopic (exact) mass is 313 g/mol. The fourth-order valence-corrected chi connectivity index (χ4v) is 2.56.